The fourth-order valence-electron chi connectivity index (χ4n) is 1.89. The van der Waals surface area contributed by atoms with Gasteiger partial charge >= 0.3 is 0 Å². The highest BCUT2D eigenvalue weighted by molar-refractivity contribution is 7.98. The van der Waals surface area contributed by atoms with Crippen molar-refractivity contribution in [3.05, 3.63) is 47.9 Å². The molecule has 2 aromatic rings. The molecule has 0 spiro atoms. The summed E-state index contributed by atoms with van der Waals surface area (Å²) in [6.07, 6.45) is 4.98. The topological polar surface area (TPSA) is 34.4 Å². The summed E-state index contributed by atoms with van der Waals surface area (Å²) in [4.78, 5) is 1.14. The van der Waals surface area contributed by atoms with Crippen LogP contribution in [0.15, 0.2) is 45.9 Å². The van der Waals surface area contributed by atoms with Crippen LogP contribution in [-0.4, -0.2) is 12.8 Å². The molecular weight excluding hydrogens is 270 g/mol. The fourth-order valence-corrected chi connectivity index (χ4v) is 2.43. The Hall–Kier alpha value is -1.39. The highest BCUT2D eigenvalue weighted by atomic mass is 32.2. The maximum absolute atomic E-state index is 5.82. The van der Waals surface area contributed by atoms with Crippen molar-refractivity contribution in [2.75, 3.05) is 12.8 Å². The second-order valence-corrected chi connectivity index (χ2v) is 5.39. The normalized spacial score (nSPS) is 10.7. The molecule has 1 aromatic carbocycles. The molecule has 108 valence electrons. The number of thioether (sulfide) groups is 1. The molecule has 0 bridgehead atoms. The van der Waals surface area contributed by atoms with Gasteiger partial charge in [-0.2, -0.15) is 0 Å². The molecule has 3 nitrogen and oxygen atoms in total. The van der Waals surface area contributed by atoms with Gasteiger partial charge < -0.3 is 14.5 Å². The second-order valence-electron chi connectivity index (χ2n) is 4.54. The van der Waals surface area contributed by atoms with Crippen molar-refractivity contribution in [1.82, 2.24) is 5.32 Å². The van der Waals surface area contributed by atoms with Crippen LogP contribution in [0.5, 0.6) is 5.75 Å². The molecule has 0 unspecified atom stereocenters. The summed E-state index contributed by atoms with van der Waals surface area (Å²) in [6, 6.07) is 10.1. The Labute approximate surface area is 124 Å². The van der Waals surface area contributed by atoms with E-state index in [1.54, 1.807) is 18.0 Å². The highest BCUT2D eigenvalue weighted by Gasteiger charge is 2.05. The predicted octanol–water partition coefficient (Wildman–Crippen LogP) is 4.08. The number of para-hydroxylation sites is 1. The maximum Gasteiger partial charge on any atom is 0.146 e. The number of benzene rings is 1. The Bertz CT molecular complexity index is 525. The van der Waals surface area contributed by atoms with Gasteiger partial charge in [-0.3, -0.25) is 0 Å². The average Bonchev–Trinajstić information content (AvgIpc) is 2.93. The van der Waals surface area contributed by atoms with Crippen molar-refractivity contribution in [1.29, 1.82) is 0 Å². The highest BCUT2D eigenvalue weighted by Crippen LogP contribution is 2.27. The van der Waals surface area contributed by atoms with Crippen molar-refractivity contribution in [2.24, 2.45) is 0 Å². The molecule has 1 aromatic heterocycles. The first-order valence-corrected chi connectivity index (χ1v) is 8.08. The smallest absolute Gasteiger partial charge is 0.146 e. The van der Waals surface area contributed by atoms with Crippen LogP contribution in [0.1, 0.15) is 24.7 Å². The standard InChI is InChI=1S/C16H21NO2S/c1-3-8-17-10-13-9-14(18-11-13)12-19-15-6-4-5-7-16(15)20-2/h4-7,9,11,17H,3,8,10,12H2,1-2H3. The Morgan fingerprint density at radius 3 is 2.95 bits per heavy atom. The van der Waals surface area contributed by atoms with Gasteiger partial charge in [-0.25, -0.2) is 0 Å². The molecule has 1 N–H and O–H groups in total. The number of ether oxygens (including phenoxy) is 1. The minimum Gasteiger partial charge on any atom is -0.484 e. The molecule has 0 saturated heterocycles. The van der Waals surface area contributed by atoms with E-state index in [9.17, 15) is 0 Å². The Morgan fingerprint density at radius 1 is 1.30 bits per heavy atom. The molecule has 0 aliphatic rings. The van der Waals surface area contributed by atoms with Gasteiger partial charge in [0.25, 0.3) is 0 Å². The van der Waals surface area contributed by atoms with Gasteiger partial charge in [0.2, 0.25) is 0 Å². The average molecular weight is 291 g/mol. The van der Waals surface area contributed by atoms with Gasteiger partial charge in [0, 0.05) is 17.0 Å². The van der Waals surface area contributed by atoms with Crippen LogP contribution in [0.25, 0.3) is 0 Å². The first-order valence-electron chi connectivity index (χ1n) is 6.86. The summed E-state index contributed by atoms with van der Waals surface area (Å²) in [5, 5.41) is 3.35. The molecule has 0 aliphatic heterocycles. The minimum atomic E-state index is 0.464. The largest absolute Gasteiger partial charge is 0.484 e. The zero-order valence-corrected chi connectivity index (χ0v) is 12.8. The molecule has 1 heterocycles. The third kappa shape index (κ3) is 4.32. The van der Waals surface area contributed by atoms with Crippen molar-refractivity contribution >= 4 is 11.8 Å². The SMILES string of the molecule is CCCNCc1coc(COc2ccccc2SC)c1. The number of nitrogens with one attached hydrogen (secondary N) is 1. The number of rotatable bonds is 8. The van der Waals surface area contributed by atoms with E-state index in [2.05, 4.69) is 18.3 Å². The van der Waals surface area contributed by atoms with Crippen LogP contribution in [0.3, 0.4) is 0 Å². The first kappa shape index (κ1) is 15.0. The van der Waals surface area contributed by atoms with E-state index in [0.717, 1.165) is 41.5 Å². The summed E-state index contributed by atoms with van der Waals surface area (Å²) < 4.78 is 11.3. The van der Waals surface area contributed by atoms with Crippen LogP contribution in [0.2, 0.25) is 0 Å². The van der Waals surface area contributed by atoms with Crippen LogP contribution in [-0.2, 0) is 13.2 Å². The quantitative estimate of drug-likeness (QED) is 0.587. The van der Waals surface area contributed by atoms with Crippen molar-refractivity contribution < 1.29 is 9.15 Å². The molecule has 0 saturated carbocycles. The number of hydrogen-bond donors (Lipinski definition) is 1. The number of furan rings is 1. The van der Waals surface area contributed by atoms with E-state index in [0.29, 0.717) is 6.61 Å². The maximum atomic E-state index is 5.82. The fraction of sp³-hybridized carbons (Fsp3) is 0.375. The Kier molecular flexibility index (Phi) is 6.02. The van der Waals surface area contributed by atoms with E-state index >= 15 is 0 Å². The lowest BCUT2D eigenvalue weighted by Crippen LogP contribution is -2.13. The minimum absolute atomic E-state index is 0.464. The van der Waals surface area contributed by atoms with Crippen LogP contribution < -0.4 is 10.1 Å². The lowest BCUT2D eigenvalue weighted by molar-refractivity contribution is 0.264. The summed E-state index contributed by atoms with van der Waals surface area (Å²) in [7, 11) is 0. The monoisotopic (exact) mass is 291 g/mol. The van der Waals surface area contributed by atoms with Gasteiger partial charge in [0.05, 0.1) is 6.26 Å². The summed E-state index contributed by atoms with van der Waals surface area (Å²) in [5.41, 5.74) is 1.16. The third-order valence-corrected chi connectivity index (χ3v) is 3.68. The summed E-state index contributed by atoms with van der Waals surface area (Å²) >= 11 is 1.68. The zero-order valence-electron chi connectivity index (χ0n) is 12.0. The molecule has 4 heteroatoms. The molecule has 0 aliphatic carbocycles. The first-order chi connectivity index (χ1) is 9.83. The molecule has 0 amide bonds. The third-order valence-electron chi connectivity index (χ3n) is 2.90. The van der Waals surface area contributed by atoms with Crippen LogP contribution in [0.4, 0.5) is 0 Å². The molecule has 0 radical (unpaired) electrons. The van der Waals surface area contributed by atoms with Crippen molar-refractivity contribution in [3.8, 4) is 5.75 Å². The van der Waals surface area contributed by atoms with E-state index < -0.39 is 0 Å². The Morgan fingerprint density at radius 2 is 2.15 bits per heavy atom. The predicted molar refractivity (Wildman–Crippen MR) is 83.3 cm³/mol. The van der Waals surface area contributed by atoms with Gasteiger partial charge in [0.1, 0.15) is 18.1 Å². The van der Waals surface area contributed by atoms with E-state index in [-0.39, 0.29) is 0 Å². The summed E-state index contributed by atoms with van der Waals surface area (Å²) in [5.74, 6) is 1.76. The molecule has 0 fully saturated rings. The van der Waals surface area contributed by atoms with Crippen molar-refractivity contribution in [3.63, 3.8) is 0 Å². The van der Waals surface area contributed by atoms with E-state index in [1.807, 2.05) is 30.5 Å². The van der Waals surface area contributed by atoms with Crippen molar-refractivity contribution in [2.45, 2.75) is 31.4 Å². The number of hydrogen-bond acceptors (Lipinski definition) is 4. The van der Waals surface area contributed by atoms with Gasteiger partial charge in [-0.15, -0.1) is 11.8 Å². The molecule has 20 heavy (non-hydrogen) atoms. The lowest BCUT2D eigenvalue weighted by atomic mass is 10.3. The van der Waals surface area contributed by atoms with Crippen LogP contribution >= 0.6 is 11.8 Å². The zero-order chi connectivity index (χ0) is 14.2. The second kappa shape index (κ2) is 8.02. The molecule has 0 atom stereocenters. The Balaban J connectivity index is 1.87. The van der Waals surface area contributed by atoms with Gasteiger partial charge in [-0.05, 0) is 37.4 Å². The van der Waals surface area contributed by atoms with Gasteiger partial charge in [-0.1, -0.05) is 19.1 Å². The van der Waals surface area contributed by atoms with Gasteiger partial charge in [0.15, 0.2) is 0 Å². The van der Waals surface area contributed by atoms with E-state index in [4.69, 9.17) is 9.15 Å². The van der Waals surface area contributed by atoms with Crippen LogP contribution in [0, 0.1) is 0 Å². The molecule has 2 rings (SSSR count). The molecular formula is C16H21NO2S. The summed E-state index contributed by atoms with van der Waals surface area (Å²) in [6.45, 7) is 4.49. The van der Waals surface area contributed by atoms with E-state index in [1.165, 1.54) is 0 Å². The lowest BCUT2D eigenvalue weighted by Gasteiger charge is -2.07.